The normalized spacial score (nSPS) is 10.5. The highest BCUT2D eigenvalue weighted by molar-refractivity contribution is 5.84. The van der Waals surface area contributed by atoms with Crippen molar-refractivity contribution in [1.29, 1.82) is 0 Å². The second-order valence-electron chi connectivity index (χ2n) is 6.16. The zero-order valence-electron chi connectivity index (χ0n) is 15.6. The van der Waals surface area contributed by atoms with Gasteiger partial charge in [-0.1, -0.05) is 0 Å². The fraction of sp³-hybridized carbons (Fsp3) is 0.211. The SMILES string of the molecule is COC(=O)Nc1ccc2n(C)c(-c3ccc(OC(=O)N(C)C)cc3)c[n+]2c1. The lowest BCUT2D eigenvalue weighted by molar-refractivity contribution is -0.509. The molecule has 2 heterocycles. The maximum atomic E-state index is 11.6. The largest absolute Gasteiger partial charge is 0.453 e. The van der Waals surface area contributed by atoms with Crippen LogP contribution in [0.25, 0.3) is 16.9 Å². The average Bonchev–Trinajstić information content (AvgIpc) is 2.98. The lowest BCUT2D eigenvalue weighted by Crippen LogP contribution is -2.25. The molecule has 140 valence electrons. The van der Waals surface area contributed by atoms with E-state index in [0.717, 1.165) is 16.9 Å². The van der Waals surface area contributed by atoms with E-state index in [4.69, 9.17) is 4.74 Å². The van der Waals surface area contributed by atoms with E-state index in [9.17, 15) is 9.59 Å². The topological polar surface area (TPSA) is 76.9 Å². The summed E-state index contributed by atoms with van der Waals surface area (Å²) < 4.78 is 13.8. The standard InChI is InChI=1S/C19H20N4O4/c1-21(2)19(25)27-15-8-5-13(6-9-15)16-12-23-11-14(20-18(24)26-4)7-10-17(23)22(16)3/h5-12H,1-4H3/p+1. The zero-order chi connectivity index (χ0) is 19.6. The third-order valence-electron chi connectivity index (χ3n) is 4.07. The fourth-order valence-corrected chi connectivity index (χ4v) is 2.64. The number of nitrogens with zero attached hydrogens (tertiary/aromatic N) is 3. The predicted molar refractivity (Wildman–Crippen MR) is 99.7 cm³/mol. The summed E-state index contributed by atoms with van der Waals surface area (Å²) in [5.74, 6) is 0.480. The molecule has 0 aliphatic carbocycles. The number of fused-ring (bicyclic) bond motifs is 1. The highest BCUT2D eigenvalue weighted by atomic mass is 16.6. The van der Waals surface area contributed by atoms with E-state index in [-0.39, 0.29) is 0 Å². The molecule has 1 N–H and O–H groups in total. The number of hydrogen-bond acceptors (Lipinski definition) is 4. The van der Waals surface area contributed by atoms with Gasteiger partial charge in [-0.2, -0.15) is 0 Å². The molecule has 3 aromatic rings. The third kappa shape index (κ3) is 3.84. The number of aromatic nitrogens is 2. The summed E-state index contributed by atoms with van der Waals surface area (Å²) in [6.45, 7) is 0. The Kier molecular flexibility index (Phi) is 4.98. The number of amides is 2. The first kappa shape index (κ1) is 18.2. The molecule has 27 heavy (non-hydrogen) atoms. The van der Waals surface area contributed by atoms with Crippen molar-refractivity contribution in [2.45, 2.75) is 0 Å². The van der Waals surface area contributed by atoms with E-state index in [0.29, 0.717) is 11.4 Å². The van der Waals surface area contributed by atoms with Crippen LogP contribution in [0.2, 0.25) is 0 Å². The summed E-state index contributed by atoms with van der Waals surface area (Å²) in [4.78, 5) is 24.4. The molecule has 2 amide bonds. The molecule has 0 fully saturated rings. The number of anilines is 1. The van der Waals surface area contributed by atoms with Crippen LogP contribution in [0.5, 0.6) is 5.75 Å². The number of methoxy groups -OCH3 is 1. The van der Waals surface area contributed by atoms with E-state index >= 15 is 0 Å². The minimum absolute atomic E-state index is 0.423. The van der Waals surface area contributed by atoms with Gasteiger partial charge in [0.15, 0.2) is 5.69 Å². The second-order valence-corrected chi connectivity index (χ2v) is 6.16. The van der Waals surface area contributed by atoms with Crippen molar-refractivity contribution >= 4 is 23.5 Å². The van der Waals surface area contributed by atoms with Crippen LogP contribution in [0.3, 0.4) is 0 Å². The molecule has 2 aromatic heterocycles. The summed E-state index contributed by atoms with van der Waals surface area (Å²) in [6.07, 6.45) is 2.82. The highest BCUT2D eigenvalue weighted by Crippen LogP contribution is 2.23. The molecule has 0 atom stereocenters. The lowest BCUT2D eigenvalue weighted by Gasteiger charge is -2.10. The molecule has 1 aromatic carbocycles. The van der Waals surface area contributed by atoms with Gasteiger partial charge in [-0.15, -0.1) is 0 Å². The van der Waals surface area contributed by atoms with Crippen LogP contribution < -0.4 is 14.5 Å². The van der Waals surface area contributed by atoms with Crippen LogP contribution in [0.15, 0.2) is 48.8 Å². The molecular formula is C19H21N4O4+. The Balaban J connectivity index is 1.89. The molecule has 0 aliphatic rings. The summed E-state index contributed by atoms with van der Waals surface area (Å²) in [5, 5.41) is 2.64. The van der Waals surface area contributed by atoms with Gasteiger partial charge in [0.25, 0.3) is 5.65 Å². The van der Waals surface area contributed by atoms with Crippen LogP contribution in [0.1, 0.15) is 0 Å². The number of carbonyl (C=O) groups is 2. The summed E-state index contributed by atoms with van der Waals surface area (Å²) in [5.41, 5.74) is 3.51. The summed E-state index contributed by atoms with van der Waals surface area (Å²) in [6, 6.07) is 11.0. The summed E-state index contributed by atoms with van der Waals surface area (Å²) >= 11 is 0. The van der Waals surface area contributed by atoms with Crippen LogP contribution in [-0.4, -0.2) is 42.9 Å². The number of pyridine rings is 1. The van der Waals surface area contributed by atoms with E-state index in [1.807, 2.05) is 46.6 Å². The molecule has 0 unspecified atom stereocenters. The summed E-state index contributed by atoms with van der Waals surface area (Å²) in [7, 11) is 6.54. The van der Waals surface area contributed by atoms with Crippen LogP contribution >= 0.6 is 0 Å². The molecule has 0 radical (unpaired) electrons. The van der Waals surface area contributed by atoms with Crippen LogP contribution in [0, 0.1) is 0 Å². The fourth-order valence-electron chi connectivity index (χ4n) is 2.64. The van der Waals surface area contributed by atoms with Crippen molar-refractivity contribution in [3.05, 3.63) is 48.8 Å². The smallest absolute Gasteiger partial charge is 0.414 e. The van der Waals surface area contributed by atoms with Gasteiger partial charge < -0.3 is 14.4 Å². The first-order valence-corrected chi connectivity index (χ1v) is 8.24. The number of imidazole rings is 1. The second kappa shape index (κ2) is 7.36. The number of benzene rings is 1. The minimum Gasteiger partial charge on any atom is -0.453 e. The average molecular weight is 369 g/mol. The van der Waals surface area contributed by atoms with Crippen molar-refractivity contribution in [3.8, 4) is 17.0 Å². The highest BCUT2D eigenvalue weighted by Gasteiger charge is 2.17. The van der Waals surface area contributed by atoms with Crippen LogP contribution in [-0.2, 0) is 11.8 Å². The number of nitrogens with one attached hydrogen (secondary N) is 1. The Labute approximate surface area is 156 Å². The first-order valence-electron chi connectivity index (χ1n) is 8.24. The number of rotatable bonds is 3. The van der Waals surface area contributed by atoms with Gasteiger partial charge in [-0.25, -0.2) is 18.6 Å². The molecule has 0 spiro atoms. The number of ether oxygens (including phenoxy) is 2. The maximum absolute atomic E-state index is 11.6. The molecule has 0 saturated carbocycles. The molecule has 0 bridgehead atoms. The zero-order valence-corrected chi connectivity index (χ0v) is 15.6. The Morgan fingerprint density at radius 3 is 2.41 bits per heavy atom. The van der Waals surface area contributed by atoms with Crippen molar-refractivity contribution in [2.75, 3.05) is 26.5 Å². The molecule has 0 saturated heterocycles. The number of carbonyl (C=O) groups excluding carboxylic acids is 2. The van der Waals surface area contributed by atoms with Crippen molar-refractivity contribution < 1.29 is 23.5 Å². The van der Waals surface area contributed by atoms with E-state index in [1.165, 1.54) is 12.0 Å². The first-order chi connectivity index (χ1) is 12.9. The number of aryl methyl sites for hydroxylation is 1. The van der Waals surface area contributed by atoms with Crippen molar-refractivity contribution in [2.24, 2.45) is 7.05 Å². The molecule has 8 heteroatoms. The molecule has 3 rings (SSSR count). The van der Waals surface area contributed by atoms with Gasteiger partial charge in [-0.05, 0) is 30.3 Å². The monoisotopic (exact) mass is 369 g/mol. The van der Waals surface area contributed by atoms with E-state index in [2.05, 4.69) is 10.1 Å². The van der Waals surface area contributed by atoms with E-state index < -0.39 is 12.2 Å². The van der Waals surface area contributed by atoms with Gasteiger partial charge in [-0.3, -0.25) is 5.32 Å². The maximum Gasteiger partial charge on any atom is 0.414 e. The quantitative estimate of drug-likeness (QED) is 0.720. The van der Waals surface area contributed by atoms with Gasteiger partial charge in [0.2, 0.25) is 0 Å². The minimum atomic E-state index is -0.519. The van der Waals surface area contributed by atoms with Gasteiger partial charge in [0, 0.05) is 25.7 Å². The predicted octanol–water partition coefficient (Wildman–Crippen LogP) is 2.67. The van der Waals surface area contributed by atoms with Gasteiger partial charge in [0.1, 0.15) is 18.1 Å². The molecular weight excluding hydrogens is 348 g/mol. The third-order valence-corrected chi connectivity index (χ3v) is 4.07. The van der Waals surface area contributed by atoms with Crippen molar-refractivity contribution in [3.63, 3.8) is 0 Å². The lowest BCUT2D eigenvalue weighted by atomic mass is 10.1. The molecule has 8 nitrogen and oxygen atoms in total. The van der Waals surface area contributed by atoms with Crippen LogP contribution in [0.4, 0.5) is 15.3 Å². The molecule has 0 aliphatic heterocycles. The van der Waals surface area contributed by atoms with E-state index in [1.54, 1.807) is 32.3 Å². The Bertz CT molecular complexity index is 993. The Morgan fingerprint density at radius 1 is 1.07 bits per heavy atom. The Hall–Kier alpha value is -3.55. The van der Waals surface area contributed by atoms with Gasteiger partial charge in [0.05, 0.1) is 19.8 Å². The number of hydrogen-bond donors (Lipinski definition) is 1. The Morgan fingerprint density at radius 2 is 1.78 bits per heavy atom. The van der Waals surface area contributed by atoms with Crippen molar-refractivity contribution in [1.82, 2.24) is 9.47 Å². The van der Waals surface area contributed by atoms with Gasteiger partial charge >= 0.3 is 12.2 Å².